The number of amides is 1. The number of hydrogen-bond donors (Lipinski definition) is 1. The van der Waals surface area contributed by atoms with Crippen LogP contribution < -0.4 is 5.32 Å². The first-order valence-electron chi connectivity index (χ1n) is 11.1. The van der Waals surface area contributed by atoms with E-state index >= 15 is 0 Å². The van der Waals surface area contributed by atoms with Gasteiger partial charge in [0.15, 0.2) is 0 Å². The monoisotopic (exact) mass is 468 g/mol. The van der Waals surface area contributed by atoms with Crippen LogP contribution in [0.4, 0.5) is 5.69 Å². The number of anilines is 1. The molecule has 3 aromatic rings. The van der Waals surface area contributed by atoms with E-state index in [1.807, 2.05) is 31.2 Å². The molecule has 0 aliphatic heterocycles. The van der Waals surface area contributed by atoms with Crippen molar-refractivity contribution in [1.82, 2.24) is 14.4 Å². The van der Waals surface area contributed by atoms with E-state index in [9.17, 15) is 13.2 Å². The number of carbonyl (C=O) groups excluding carboxylic acids is 1. The van der Waals surface area contributed by atoms with Crippen LogP contribution in [0, 0.1) is 6.92 Å². The molecule has 1 saturated carbocycles. The van der Waals surface area contributed by atoms with Crippen LogP contribution in [0.2, 0.25) is 0 Å². The van der Waals surface area contributed by atoms with Gasteiger partial charge in [0, 0.05) is 24.2 Å². The van der Waals surface area contributed by atoms with Gasteiger partial charge in [-0.25, -0.2) is 8.42 Å². The number of benzene rings is 2. The number of rotatable bonds is 7. The highest BCUT2D eigenvalue weighted by Crippen LogP contribution is 2.30. The molecule has 0 spiro atoms. The Morgan fingerprint density at radius 2 is 1.73 bits per heavy atom. The Morgan fingerprint density at radius 1 is 1.06 bits per heavy atom. The summed E-state index contributed by atoms with van der Waals surface area (Å²) in [5, 5.41) is 6.72. The molecule has 1 aliphatic rings. The van der Waals surface area contributed by atoms with Crippen LogP contribution >= 0.6 is 0 Å². The first-order chi connectivity index (χ1) is 15.8. The van der Waals surface area contributed by atoms with Gasteiger partial charge in [-0.15, -0.1) is 0 Å². The number of carbonyl (C=O) groups is 1. The van der Waals surface area contributed by atoms with E-state index < -0.39 is 10.0 Å². The van der Waals surface area contributed by atoms with Crippen LogP contribution in [0.25, 0.3) is 11.4 Å². The fraction of sp³-hybridized carbons (Fsp3) is 0.375. The van der Waals surface area contributed by atoms with Crippen LogP contribution in [0.3, 0.4) is 0 Å². The standard InChI is InChI=1S/C24H28N4O4S/c1-17-8-10-19(11-9-17)24-26-23(32-27-24)16-28(21-6-4-3-5-7-21)33(30,31)22-14-12-20(13-15-22)25-18(2)29/h8-15,21H,3-7,16H2,1-2H3,(H,25,29). The van der Waals surface area contributed by atoms with Crippen LogP contribution in [0.1, 0.15) is 50.5 Å². The minimum atomic E-state index is -3.81. The lowest BCUT2D eigenvalue weighted by atomic mass is 9.95. The summed E-state index contributed by atoms with van der Waals surface area (Å²) in [4.78, 5) is 15.9. The topological polar surface area (TPSA) is 105 Å². The molecule has 1 fully saturated rings. The van der Waals surface area contributed by atoms with Gasteiger partial charge in [-0.1, -0.05) is 54.2 Å². The Balaban J connectivity index is 1.61. The average molecular weight is 469 g/mol. The predicted molar refractivity (Wildman–Crippen MR) is 125 cm³/mol. The molecule has 4 rings (SSSR count). The van der Waals surface area contributed by atoms with Crippen molar-refractivity contribution >= 4 is 21.6 Å². The van der Waals surface area contributed by atoms with Crippen molar-refractivity contribution in [1.29, 1.82) is 0 Å². The van der Waals surface area contributed by atoms with Gasteiger partial charge in [-0.05, 0) is 44.0 Å². The Hall–Kier alpha value is -3.04. The molecule has 0 saturated heterocycles. The maximum Gasteiger partial charge on any atom is 0.243 e. The second-order valence-corrected chi connectivity index (χ2v) is 10.3. The molecule has 0 atom stereocenters. The largest absolute Gasteiger partial charge is 0.338 e. The molecule has 0 bridgehead atoms. The Kier molecular flexibility index (Phi) is 6.90. The zero-order valence-electron chi connectivity index (χ0n) is 18.8. The van der Waals surface area contributed by atoms with Crippen molar-refractivity contribution in [2.75, 3.05) is 5.32 Å². The highest BCUT2D eigenvalue weighted by atomic mass is 32.2. The normalized spacial score (nSPS) is 15.0. The van der Waals surface area contributed by atoms with Gasteiger partial charge < -0.3 is 9.84 Å². The zero-order valence-corrected chi connectivity index (χ0v) is 19.6. The summed E-state index contributed by atoms with van der Waals surface area (Å²) in [7, 11) is -3.81. The van der Waals surface area contributed by atoms with Gasteiger partial charge in [-0.3, -0.25) is 4.79 Å². The van der Waals surface area contributed by atoms with Gasteiger partial charge in [0.25, 0.3) is 0 Å². The molecule has 8 nitrogen and oxygen atoms in total. The van der Waals surface area contributed by atoms with Crippen LogP contribution in [-0.2, 0) is 21.4 Å². The number of aromatic nitrogens is 2. The fourth-order valence-electron chi connectivity index (χ4n) is 4.10. The number of nitrogens with one attached hydrogen (secondary N) is 1. The third-order valence-corrected chi connectivity index (χ3v) is 7.74. The van der Waals surface area contributed by atoms with Gasteiger partial charge in [0.05, 0.1) is 11.4 Å². The molecule has 1 N–H and O–H groups in total. The second kappa shape index (κ2) is 9.84. The Bertz CT molecular complexity index is 1200. The summed E-state index contributed by atoms with van der Waals surface area (Å²) < 4.78 is 34.2. The summed E-state index contributed by atoms with van der Waals surface area (Å²) >= 11 is 0. The van der Waals surface area contributed by atoms with E-state index in [4.69, 9.17) is 4.52 Å². The number of sulfonamides is 1. The van der Waals surface area contributed by atoms with E-state index in [2.05, 4.69) is 15.5 Å². The average Bonchev–Trinajstić information content (AvgIpc) is 3.27. The minimum absolute atomic E-state index is 0.0132. The number of aryl methyl sites for hydroxylation is 1. The van der Waals surface area contributed by atoms with Crippen LogP contribution in [-0.4, -0.2) is 34.8 Å². The smallest absolute Gasteiger partial charge is 0.243 e. The van der Waals surface area contributed by atoms with Crippen molar-refractivity contribution in [3.63, 3.8) is 0 Å². The van der Waals surface area contributed by atoms with Gasteiger partial charge in [0.2, 0.25) is 27.6 Å². The maximum absolute atomic E-state index is 13.6. The highest BCUT2D eigenvalue weighted by molar-refractivity contribution is 7.89. The van der Waals surface area contributed by atoms with Crippen LogP contribution in [0.15, 0.2) is 57.9 Å². The summed E-state index contributed by atoms with van der Waals surface area (Å²) in [6.45, 7) is 3.42. The molecular weight excluding hydrogens is 440 g/mol. The quantitative estimate of drug-likeness (QED) is 0.546. The molecule has 1 aliphatic carbocycles. The summed E-state index contributed by atoms with van der Waals surface area (Å²) in [6, 6.07) is 13.8. The highest BCUT2D eigenvalue weighted by Gasteiger charge is 2.34. The van der Waals surface area contributed by atoms with Gasteiger partial charge in [0.1, 0.15) is 0 Å². The SMILES string of the molecule is CC(=O)Nc1ccc(S(=O)(=O)N(Cc2nc(-c3ccc(C)cc3)no2)C2CCCCC2)cc1. The van der Waals surface area contributed by atoms with E-state index in [1.54, 1.807) is 12.1 Å². The van der Waals surface area contributed by atoms with Crippen LogP contribution in [0.5, 0.6) is 0 Å². The molecular formula is C24H28N4O4S. The lowest BCUT2D eigenvalue weighted by molar-refractivity contribution is -0.114. The van der Waals surface area contributed by atoms with Crippen molar-refractivity contribution < 1.29 is 17.7 Å². The number of hydrogen-bond acceptors (Lipinski definition) is 6. The molecule has 1 amide bonds. The molecule has 9 heteroatoms. The van der Waals surface area contributed by atoms with E-state index in [0.29, 0.717) is 11.5 Å². The summed E-state index contributed by atoms with van der Waals surface area (Å²) in [5.41, 5.74) is 2.49. The lowest BCUT2D eigenvalue weighted by Crippen LogP contribution is -2.41. The molecule has 1 heterocycles. The van der Waals surface area contributed by atoms with E-state index in [0.717, 1.165) is 43.2 Å². The number of nitrogens with zero attached hydrogens (tertiary/aromatic N) is 3. The molecule has 1 aromatic heterocycles. The molecule has 0 unspecified atom stereocenters. The molecule has 2 aromatic carbocycles. The first-order valence-corrected chi connectivity index (χ1v) is 12.6. The minimum Gasteiger partial charge on any atom is -0.338 e. The third-order valence-electron chi connectivity index (χ3n) is 5.83. The first kappa shape index (κ1) is 23.1. The molecule has 0 radical (unpaired) electrons. The lowest BCUT2D eigenvalue weighted by Gasteiger charge is -2.32. The van der Waals surface area contributed by atoms with E-state index in [1.165, 1.54) is 23.4 Å². The van der Waals surface area contributed by atoms with Gasteiger partial charge in [-0.2, -0.15) is 9.29 Å². The van der Waals surface area contributed by atoms with Crippen molar-refractivity contribution in [3.05, 3.63) is 60.0 Å². The fourth-order valence-corrected chi connectivity index (χ4v) is 5.74. The van der Waals surface area contributed by atoms with Crippen molar-refractivity contribution in [2.45, 2.75) is 63.4 Å². The Labute approximate surface area is 194 Å². The summed E-state index contributed by atoms with van der Waals surface area (Å²) in [5.74, 6) is 0.482. The Morgan fingerprint density at radius 3 is 2.36 bits per heavy atom. The second-order valence-electron chi connectivity index (χ2n) is 8.43. The maximum atomic E-state index is 13.6. The van der Waals surface area contributed by atoms with Gasteiger partial charge >= 0.3 is 0 Å². The predicted octanol–water partition coefficient (Wildman–Crippen LogP) is 4.53. The molecule has 33 heavy (non-hydrogen) atoms. The third kappa shape index (κ3) is 5.48. The summed E-state index contributed by atoms with van der Waals surface area (Å²) in [6.07, 6.45) is 4.66. The van der Waals surface area contributed by atoms with Crippen molar-refractivity contribution in [3.8, 4) is 11.4 Å². The van der Waals surface area contributed by atoms with E-state index in [-0.39, 0.29) is 29.3 Å². The molecule has 174 valence electrons. The zero-order chi connectivity index (χ0) is 23.4. The van der Waals surface area contributed by atoms with Crippen molar-refractivity contribution in [2.24, 2.45) is 0 Å².